The van der Waals surface area contributed by atoms with Gasteiger partial charge in [-0.2, -0.15) is 0 Å². The van der Waals surface area contributed by atoms with Gasteiger partial charge in [0.15, 0.2) is 11.8 Å². The summed E-state index contributed by atoms with van der Waals surface area (Å²) in [6.07, 6.45) is 4.10. The van der Waals surface area contributed by atoms with E-state index in [2.05, 4.69) is 46.2 Å². The maximum Gasteiger partial charge on any atom is 0.194 e. The van der Waals surface area contributed by atoms with Crippen molar-refractivity contribution in [2.24, 2.45) is 12.0 Å². The molecule has 1 fully saturated rings. The molecule has 1 aromatic rings. The first kappa shape index (κ1) is 16.7. The van der Waals surface area contributed by atoms with E-state index in [1.165, 1.54) is 0 Å². The maximum atomic E-state index is 6.07. The zero-order valence-corrected chi connectivity index (χ0v) is 14.3. The molecule has 1 aromatic heterocycles. The van der Waals surface area contributed by atoms with Crippen LogP contribution in [0.1, 0.15) is 39.4 Å². The lowest BCUT2D eigenvalue weighted by Gasteiger charge is -2.36. The second-order valence-electron chi connectivity index (χ2n) is 6.68. The summed E-state index contributed by atoms with van der Waals surface area (Å²) in [4.78, 5) is 6.65. The van der Waals surface area contributed by atoms with Crippen LogP contribution in [0.25, 0.3) is 0 Å². The molecule has 0 radical (unpaired) electrons. The van der Waals surface area contributed by atoms with Gasteiger partial charge in [0.05, 0.1) is 18.2 Å². The topological polar surface area (TPSA) is 67.6 Å². The van der Waals surface area contributed by atoms with Crippen LogP contribution in [0.2, 0.25) is 0 Å². The number of rotatable bonds is 3. The highest BCUT2D eigenvalue weighted by atomic mass is 16.5. The van der Waals surface area contributed by atoms with E-state index in [1.54, 1.807) is 6.33 Å². The van der Waals surface area contributed by atoms with Crippen LogP contribution in [-0.4, -0.2) is 57.5 Å². The molecule has 0 amide bonds. The van der Waals surface area contributed by atoms with Crippen molar-refractivity contribution in [3.63, 3.8) is 0 Å². The smallest absolute Gasteiger partial charge is 0.194 e. The second kappa shape index (κ2) is 7.09. The third-order valence-corrected chi connectivity index (χ3v) is 3.68. The van der Waals surface area contributed by atoms with Crippen molar-refractivity contribution in [2.75, 3.05) is 20.1 Å². The molecule has 7 nitrogen and oxygen atoms in total. The van der Waals surface area contributed by atoms with E-state index in [9.17, 15) is 0 Å². The van der Waals surface area contributed by atoms with E-state index < -0.39 is 0 Å². The molecule has 2 heterocycles. The second-order valence-corrected chi connectivity index (χ2v) is 6.68. The van der Waals surface area contributed by atoms with E-state index in [1.807, 2.05) is 18.7 Å². The summed E-state index contributed by atoms with van der Waals surface area (Å²) in [6, 6.07) is 0. The number of nitrogens with zero attached hydrogens (tertiary/aromatic N) is 5. The highest BCUT2D eigenvalue weighted by molar-refractivity contribution is 5.79. The van der Waals surface area contributed by atoms with Crippen LogP contribution < -0.4 is 5.32 Å². The molecule has 1 saturated heterocycles. The van der Waals surface area contributed by atoms with E-state index in [0.29, 0.717) is 12.6 Å². The van der Waals surface area contributed by atoms with Crippen molar-refractivity contribution in [3.8, 4) is 0 Å². The van der Waals surface area contributed by atoms with E-state index in [4.69, 9.17) is 4.74 Å². The Morgan fingerprint density at radius 3 is 2.59 bits per heavy atom. The quantitative estimate of drug-likeness (QED) is 0.670. The number of hydrogen-bond acceptors (Lipinski definition) is 4. The summed E-state index contributed by atoms with van der Waals surface area (Å²) in [5.41, 5.74) is -0.0715. The minimum atomic E-state index is -0.0715. The molecule has 0 spiro atoms. The lowest BCUT2D eigenvalue weighted by molar-refractivity contribution is -0.0772. The fourth-order valence-electron chi connectivity index (χ4n) is 2.64. The van der Waals surface area contributed by atoms with E-state index >= 15 is 0 Å². The third-order valence-electron chi connectivity index (χ3n) is 3.68. The van der Waals surface area contributed by atoms with Crippen LogP contribution in [0.4, 0.5) is 0 Å². The van der Waals surface area contributed by atoms with Crippen molar-refractivity contribution in [2.45, 2.75) is 51.9 Å². The average Bonchev–Trinajstić information content (AvgIpc) is 2.85. The van der Waals surface area contributed by atoms with Gasteiger partial charge >= 0.3 is 0 Å². The Balaban J connectivity index is 1.82. The Labute approximate surface area is 132 Å². The molecule has 0 aliphatic carbocycles. The Hall–Kier alpha value is -1.63. The molecule has 1 aliphatic rings. The molecule has 124 valence electrons. The minimum absolute atomic E-state index is 0.0715. The number of hydrogen-bond donors (Lipinski definition) is 1. The van der Waals surface area contributed by atoms with Gasteiger partial charge in [0, 0.05) is 27.2 Å². The predicted octanol–water partition coefficient (Wildman–Crippen LogP) is 1.17. The molecule has 0 saturated carbocycles. The first-order valence-corrected chi connectivity index (χ1v) is 7.85. The Bertz CT molecular complexity index is 496. The Kier molecular flexibility index (Phi) is 5.39. The zero-order valence-electron chi connectivity index (χ0n) is 14.3. The monoisotopic (exact) mass is 308 g/mol. The molecule has 22 heavy (non-hydrogen) atoms. The first-order chi connectivity index (χ1) is 10.4. The van der Waals surface area contributed by atoms with E-state index in [-0.39, 0.29) is 5.60 Å². The van der Waals surface area contributed by atoms with E-state index in [0.717, 1.165) is 37.7 Å². The summed E-state index contributed by atoms with van der Waals surface area (Å²) in [5.74, 6) is 1.81. The van der Waals surface area contributed by atoms with Crippen molar-refractivity contribution < 1.29 is 4.74 Å². The molecule has 0 unspecified atom stereocenters. The number of nitrogens with one attached hydrogen (secondary N) is 1. The summed E-state index contributed by atoms with van der Waals surface area (Å²) in [6.45, 7) is 8.88. The van der Waals surface area contributed by atoms with Gasteiger partial charge in [0.25, 0.3) is 0 Å². The number of aryl methyl sites for hydroxylation is 1. The van der Waals surface area contributed by atoms with Gasteiger partial charge in [-0.05, 0) is 33.6 Å². The van der Waals surface area contributed by atoms with Crippen molar-refractivity contribution in [3.05, 3.63) is 12.2 Å². The number of guanidine groups is 1. The molecular formula is C15H28N6O. The van der Waals surface area contributed by atoms with Crippen molar-refractivity contribution in [1.82, 2.24) is 25.0 Å². The molecule has 2 rings (SSSR count). The van der Waals surface area contributed by atoms with Crippen molar-refractivity contribution in [1.29, 1.82) is 0 Å². The van der Waals surface area contributed by atoms with Gasteiger partial charge in [0.1, 0.15) is 6.33 Å². The summed E-state index contributed by atoms with van der Waals surface area (Å²) in [7, 11) is 3.76. The first-order valence-electron chi connectivity index (χ1n) is 7.85. The lowest BCUT2D eigenvalue weighted by atomic mass is 10.1. The van der Waals surface area contributed by atoms with Gasteiger partial charge in [-0.1, -0.05) is 0 Å². The van der Waals surface area contributed by atoms with Gasteiger partial charge in [-0.25, -0.2) is 0 Å². The number of aliphatic imine (C=N–C) groups is 1. The summed E-state index contributed by atoms with van der Waals surface area (Å²) >= 11 is 0. The standard InChI is InChI=1S/C15H28N6O/c1-15(2,3)22-12-6-8-21(9-7-12)14(16-4)17-10-13-19-18-11-20(13)5/h11-12H,6-10H2,1-5H3,(H,16,17). The Morgan fingerprint density at radius 2 is 2.09 bits per heavy atom. The Morgan fingerprint density at radius 1 is 1.41 bits per heavy atom. The SMILES string of the molecule is CN=C(NCc1nncn1C)N1CCC(OC(C)(C)C)CC1. The van der Waals surface area contributed by atoms with Crippen LogP contribution in [0, 0.1) is 0 Å². The van der Waals surface area contributed by atoms with Gasteiger partial charge in [-0.15, -0.1) is 10.2 Å². The fourth-order valence-corrected chi connectivity index (χ4v) is 2.64. The minimum Gasteiger partial charge on any atom is -0.372 e. The van der Waals surface area contributed by atoms with Crippen LogP contribution >= 0.6 is 0 Å². The third kappa shape index (κ3) is 4.69. The predicted molar refractivity (Wildman–Crippen MR) is 86.6 cm³/mol. The largest absolute Gasteiger partial charge is 0.372 e. The molecular weight excluding hydrogens is 280 g/mol. The highest BCUT2D eigenvalue weighted by Gasteiger charge is 2.25. The highest BCUT2D eigenvalue weighted by Crippen LogP contribution is 2.20. The normalized spacial score (nSPS) is 17.9. The number of aromatic nitrogens is 3. The average molecular weight is 308 g/mol. The fraction of sp³-hybridized carbons (Fsp3) is 0.800. The molecule has 1 N–H and O–H groups in total. The summed E-state index contributed by atoms with van der Waals surface area (Å²) < 4.78 is 7.97. The number of piperidine rings is 1. The molecule has 0 bridgehead atoms. The molecule has 1 aliphatic heterocycles. The molecule has 7 heteroatoms. The molecule has 0 atom stereocenters. The zero-order chi connectivity index (χ0) is 16.2. The lowest BCUT2D eigenvalue weighted by Crippen LogP contribution is -2.47. The number of ether oxygens (including phenoxy) is 1. The van der Waals surface area contributed by atoms with Crippen molar-refractivity contribution >= 4 is 5.96 Å². The van der Waals surface area contributed by atoms with Crippen LogP contribution in [0.15, 0.2) is 11.3 Å². The molecule has 0 aromatic carbocycles. The van der Waals surface area contributed by atoms with Gasteiger partial charge < -0.3 is 19.5 Å². The van der Waals surface area contributed by atoms with Gasteiger partial charge in [-0.3, -0.25) is 4.99 Å². The van der Waals surface area contributed by atoms with Crippen LogP contribution in [-0.2, 0) is 18.3 Å². The summed E-state index contributed by atoms with van der Waals surface area (Å²) in [5, 5.41) is 11.3. The maximum absolute atomic E-state index is 6.07. The van der Waals surface area contributed by atoms with Crippen LogP contribution in [0.3, 0.4) is 0 Å². The van der Waals surface area contributed by atoms with Gasteiger partial charge in [0.2, 0.25) is 0 Å². The number of likely N-dealkylation sites (tertiary alicyclic amines) is 1. The van der Waals surface area contributed by atoms with Crippen LogP contribution in [0.5, 0.6) is 0 Å².